The van der Waals surface area contributed by atoms with Crippen molar-refractivity contribution in [2.75, 3.05) is 0 Å². The van der Waals surface area contributed by atoms with Crippen LogP contribution in [0.5, 0.6) is 0 Å². The van der Waals surface area contributed by atoms with E-state index < -0.39 is 0 Å². The van der Waals surface area contributed by atoms with Gasteiger partial charge in [-0.2, -0.15) is 0 Å². The van der Waals surface area contributed by atoms with E-state index in [0.29, 0.717) is 27.6 Å². The first-order valence-electron chi connectivity index (χ1n) is 12.2. The summed E-state index contributed by atoms with van der Waals surface area (Å²) >= 11 is 0. The molecule has 28 heavy (non-hydrogen) atoms. The third kappa shape index (κ3) is 1.98. The lowest BCUT2D eigenvalue weighted by Gasteiger charge is -2.63. The molecular weight excluding hydrogens is 344 g/mol. The maximum atomic E-state index is 11.2. The zero-order valence-corrected chi connectivity index (χ0v) is 18.9. The monoisotopic (exact) mass is 386 g/mol. The normalized spacial score (nSPS) is 57.4. The van der Waals surface area contributed by atoms with Gasteiger partial charge in [0.2, 0.25) is 0 Å². The first kappa shape index (κ1) is 19.6. The van der Waals surface area contributed by atoms with Gasteiger partial charge in [0, 0.05) is 6.42 Å². The molecule has 2 nitrogen and oxygen atoms in total. The van der Waals surface area contributed by atoms with Gasteiger partial charge in [-0.05, 0) is 109 Å². The molecule has 2 unspecified atom stereocenters. The number of aliphatic hydroxyl groups is 1. The molecule has 0 heterocycles. The van der Waals surface area contributed by atoms with Crippen LogP contribution in [0.2, 0.25) is 0 Å². The Morgan fingerprint density at radius 1 is 0.893 bits per heavy atom. The van der Waals surface area contributed by atoms with E-state index in [0.717, 1.165) is 36.9 Å². The van der Waals surface area contributed by atoms with Gasteiger partial charge in [0.1, 0.15) is 6.29 Å². The molecule has 0 bridgehead atoms. The molecule has 5 saturated carbocycles. The number of fused-ring (bicyclic) bond motifs is 2. The number of carbonyl (C=O) groups is 1. The summed E-state index contributed by atoms with van der Waals surface area (Å²) in [6, 6.07) is 0. The molecule has 0 aromatic carbocycles. The number of hydrogen-bond acceptors (Lipinski definition) is 2. The Morgan fingerprint density at radius 2 is 1.57 bits per heavy atom. The lowest BCUT2D eigenvalue weighted by atomic mass is 9.42. The molecule has 5 rings (SSSR count). The highest BCUT2D eigenvalue weighted by Gasteiger charge is 2.82. The first-order valence-corrected chi connectivity index (χ1v) is 12.2. The zero-order valence-electron chi connectivity index (χ0n) is 18.9. The van der Waals surface area contributed by atoms with Crippen LogP contribution < -0.4 is 0 Å². The Balaban J connectivity index is 1.50. The van der Waals surface area contributed by atoms with Crippen LogP contribution in [0.1, 0.15) is 98.8 Å². The summed E-state index contributed by atoms with van der Waals surface area (Å²) in [5.41, 5.74) is 2.05. The fourth-order valence-corrected chi connectivity index (χ4v) is 10.6. The van der Waals surface area contributed by atoms with E-state index in [-0.39, 0.29) is 11.5 Å². The minimum absolute atomic E-state index is 0.0884. The van der Waals surface area contributed by atoms with Crippen molar-refractivity contribution in [1.82, 2.24) is 0 Å². The molecule has 1 N–H and O–H groups in total. The van der Waals surface area contributed by atoms with Gasteiger partial charge in [-0.25, -0.2) is 0 Å². The third-order valence-electron chi connectivity index (χ3n) is 12.3. The molecule has 0 amide bonds. The maximum absolute atomic E-state index is 11.2. The van der Waals surface area contributed by atoms with Crippen LogP contribution in [-0.4, -0.2) is 17.5 Å². The molecule has 0 aliphatic heterocycles. The van der Waals surface area contributed by atoms with Crippen molar-refractivity contribution in [3.05, 3.63) is 0 Å². The Bertz CT molecular complexity index is 684. The van der Waals surface area contributed by atoms with Gasteiger partial charge in [0.25, 0.3) is 0 Å². The van der Waals surface area contributed by atoms with Crippen molar-refractivity contribution >= 4 is 6.29 Å². The maximum Gasteiger partial charge on any atom is 0.120 e. The fourth-order valence-electron chi connectivity index (χ4n) is 10.6. The molecule has 5 aliphatic rings. The van der Waals surface area contributed by atoms with Crippen molar-refractivity contribution in [1.29, 1.82) is 0 Å². The zero-order chi connectivity index (χ0) is 20.2. The summed E-state index contributed by atoms with van der Waals surface area (Å²) in [6.45, 7) is 12.3. The molecule has 2 heteroatoms. The fraction of sp³-hybridized carbons (Fsp3) is 0.962. The Kier molecular flexibility index (Phi) is 3.95. The summed E-state index contributed by atoms with van der Waals surface area (Å²) < 4.78 is 0. The van der Waals surface area contributed by atoms with E-state index in [4.69, 9.17) is 0 Å². The second kappa shape index (κ2) is 5.65. The highest BCUT2D eigenvalue weighted by atomic mass is 16.3. The predicted octanol–water partition coefficient (Wildman–Crippen LogP) is 6.01. The van der Waals surface area contributed by atoms with E-state index in [1.165, 1.54) is 51.4 Å². The summed E-state index contributed by atoms with van der Waals surface area (Å²) in [7, 11) is 0. The second-order valence-corrected chi connectivity index (χ2v) is 12.9. The van der Waals surface area contributed by atoms with Gasteiger partial charge in [0.15, 0.2) is 0 Å². The predicted molar refractivity (Wildman–Crippen MR) is 113 cm³/mol. The lowest BCUT2D eigenvalue weighted by Crippen LogP contribution is -2.57. The molecule has 0 aromatic rings. The minimum atomic E-state index is -0.109. The quantitative estimate of drug-likeness (QED) is 0.603. The first-order chi connectivity index (χ1) is 13.1. The van der Waals surface area contributed by atoms with Crippen LogP contribution in [0.3, 0.4) is 0 Å². The van der Waals surface area contributed by atoms with Gasteiger partial charge >= 0.3 is 0 Å². The van der Waals surface area contributed by atoms with E-state index in [2.05, 4.69) is 34.6 Å². The minimum Gasteiger partial charge on any atom is -0.393 e. The van der Waals surface area contributed by atoms with Gasteiger partial charge in [-0.1, -0.05) is 34.6 Å². The topological polar surface area (TPSA) is 37.3 Å². The van der Waals surface area contributed by atoms with E-state index in [1.807, 2.05) is 0 Å². The Hall–Kier alpha value is -0.370. The Morgan fingerprint density at radius 3 is 2.29 bits per heavy atom. The second-order valence-electron chi connectivity index (χ2n) is 12.9. The molecule has 5 aliphatic carbocycles. The van der Waals surface area contributed by atoms with Gasteiger partial charge in [0.05, 0.1) is 6.10 Å². The summed E-state index contributed by atoms with van der Waals surface area (Å²) in [6.07, 6.45) is 13.7. The van der Waals surface area contributed by atoms with Crippen molar-refractivity contribution in [3.8, 4) is 0 Å². The molecular formula is C26H42O2. The third-order valence-corrected chi connectivity index (χ3v) is 12.3. The van der Waals surface area contributed by atoms with Crippen molar-refractivity contribution < 1.29 is 9.90 Å². The van der Waals surface area contributed by atoms with Gasteiger partial charge in [-0.3, -0.25) is 0 Å². The Labute approximate surface area is 172 Å². The van der Waals surface area contributed by atoms with Crippen LogP contribution in [-0.2, 0) is 4.79 Å². The van der Waals surface area contributed by atoms with Crippen LogP contribution in [0.4, 0.5) is 0 Å². The highest BCUT2D eigenvalue weighted by molar-refractivity contribution is 5.49. The average molecular weight is 387 g/mol. The van der Waals surface area contributed by atoms with Crippen LogP contribution in [0, 0.1) is 50.7 Å². The van der Waals surface area contributed by atoms with E-state index in [1.54, 1.807) is 0 Å². The van der Waals surface area contributed by atoms with Crippen LogP contribution >= 0.6 is 0 Å². The number of hydrogen-bond donors (Lipinski definition) is 1. The largest absolute Gasteiger partial charge is 0.393 e. The van der Waals surface area contributed by atoms with Crippen molar-refractivity contribution in [2.24, 2.45) is 50.7 Å². The van der Waals surface area contributed by atoms with Crippen LogP contribution in [0.15, 0.2) is 0 Å². The molecule has 0 saturated heterocycles. The SMILES string of the molecule is C[C@H](CC=O)[C@H]1CC[C@@]2(C)C3CCC4C(C)(C)[C@@H](O)CC[C@@]45C[C@@]35CC[C@]12C. The number of carbonyl (C=O) groups excluding carboxylic acids is 1. The average Bonchev–Trinajstić information content (AvgIpc) is 3.22. The number of aldehydes is 1. The number of aliphatic hydroxyl groups excluding tert-OH is 1. The molecule has 5 fully saturated rings. The van der Waals surface area contributed by atoms with Crippen molar-refractivity contribution in [3.63, 3.8) is 0 Å². The lowest BCUT2D eigenvalue weighted by molar-refractivity contribution is -0.161. The van der Waals surface area contributed by atoms with Gasteiger partial charge in [-0.15, -0.1) is 0 Å². The van der Waals surface area contributed by atoms with Crippen LogP contribution in [0.25, 0.3) is 0 Å². The summed E-state index contributed by atoms with van der Waals surface area (Å²) in [5.74, 6) is 2.84. The van der Waals surface area contributed by atoms with Gasteiger partial charge < -0.3 is 9.90 Å². The standard InChI is InChI=1S/C26H42O2/c1-17(10-15-27)18-8-11-24(5)20-7-6-19-22(2,3)21(28)9-12-25(19)16-26(20,25)14-13-23(18,24)4/h15,17-21,28H,6-14,16H2,1-5H3/t17-,18-,19?,20?,21+,23-,24+,25-,26+/m1/s1. The molecule has 2 spiro atoms. The van der Waals surface area contributed by atoms with E-state index >= 15 is 0 Å². The molecule has 0 radical (unpaired) electrons. The smallest absolute Gasteiger partial charge is 0.120 e. The van der Waals surface area contributed by atoms with E-state index in [9.17, 15) is 9.90 Å². The number of rotatable bonds is 3. The summed E-state index contributed by atoms with van der Waals surface area (Å²) in [4.78, 5) is 11.2. The summed E-state index contributed by atoms with van der Waals surface area (Å²) in [5, 5.41) is 10.8. The molecule has 9 atom stereocenters. The van der Waals surface area contributed by atoms with Crippen molar-refractivity contribution in [2.45, 2.75) is 105 Å². The molecule has 158 valence electrons. The highest BCUT2D eigenvalue weighted by Crippen LogP contribution is 2.89. The molecule has 0 aromatic heterocycles.